The van der Waals surface area contributed by atoms with Crippen LogP contribution in [0.15, 0.2) is 60.9 Å². The van der Waals surface area contributed by atoms with Crippen molar-refractivity contribution in [1.29, 1.82) is 0 Å². The summed E-state index contributed by atoms with van der Waals surface area (Å²) >= 11 is 6.26. The molecule has 1 aliphatic heterocycles. The number of ether oxygens (including phenoxy) is 1. The highest BCUT2D eigenvalue weighted by molar-refractivity contribution is 6.33. The van der Waals surface area contributed by atoms with Gasteiger partial charge in [0, 0.05) is 19.3 Å². The minimum absolute atomic E-state index is 0.139. The molecule has 1 saturated heterocycles. The van der Waals surface area contributed by atoms with Crippen LogP contribution < -0.4 is 10.2 Å². The Hall–Kier alpha value is -3.03. The smallest absolute Gasteiger partial charge is 0.272 e. The Kier molecular flexibility index (Phi) is 5.97. The van der Waals surface area contributed by atoms with Gasteiger partial charge in [-0.3, -0.25) is 9.78 Å². The third kappa shape index (κ3) is 4.52. The average Bonchev–Trinajstić information content (AvgIpc) is 2.79. The van der Waals surface area contributed by atoms with E-state index in [-0.39, 0.29) is 16.6 Å². The number of benzene rings is 1. The molecule has 0 aliphatic carbocycles. The quantitative estimate of drug-likeness (QED) is 0.698. The van der Waals surface area contributed by atoms with E-state index in [1.807, 2.05) is 53.4 Å². The standard InChI is InChI=1S/C21H20ClN5O2/c22-16-14-24-21(27-10-12-29-13-11-27)26-19(16)20(28)25-18(15-6-2-1-3-7-15)17-8-4-5-9-23-17/h1-9,14,18H,10-13H2,(H,25,28)/t18-/m1/s1. The Morgan fingerprint density at radius 3 is 2.55 bits per heavy atom. The summed E-state index contributed by atoms with van der Waals surface area (Å²) in [5, 5.41) is 3.22. The number of pyridine rings is 1. The van der Waals surface area contributed by atoms with Gasteiger partial charge in [-0.05, 0) is 17.7 Å². The lowest BCUT2D eigenvalue weighted by atomic mass is 10.0. The molecule has 2 aromatic heterocycles. The first-order valence-corrected chi connectivity index (χ1v) is 9.72. The number of carbonyl (C=O) groups is 1. The molecular formula is C21H20ClN5O2. The number of hydrogen-bond donors (Lipinski definition) is 1. The third-order valence-corrected chi connectivity index (χ3v) is 4.91. The van der Waals surface area contributed by atoms with E-state index in [0.717, 1.165) is 11.3 Å². The Morgan fingerprint density at radius 1 is 1.07 bits per heavy atom. The minimum atomic E-state index is -0.428. The molecule has 4 rings (SSSR count). The van der Waals surface area contributed by atoms with Crippen LogP contribution in [0.1, 0.15) is 27.8 Å². The molecule has 8 heteroatoms. The first-order valence-electron chi connectivity index (χ1n) is 9.34. The molecule has 0 radical (unpaired) electrons. The summed E-state index contributed by atoms with van der Waals surface area (Å²) in [5.74, 6) is 0.0864. The van der Waals surface area contributed by atoms with Gasteiger partial charge in [-0.2, -0.15) is 0 Å². The highest BCUT2D eigenvalue weighted by Gasteiger charge is 2.23. The zero-order chi connectivity index (χ0) is 20.1. The summed E-state index contributed by atoms with van der Waals surface area (Å²) < 4.78 is 5.36. The Labute approximate surface area is 173 Å². The fraction of sp³-hybridized carbons (Fsp3) is 0.238. The number of hydrogen-bond acceptors (Lipinski definition) is 6. The molecule has 1 amide bonds. The van der Waals surface area contributed by atoms with Gasteiger partial charge >= 0.3 is 0 Å². The molecule has 148 valence electrons. The molecule has 0 unspecified atom stereocenters. The lowest BCUT2D eigenvalue weighted by Gasteiger charge is -2.27. The van der Waals surface area contributed by atoms with Gasteiger partial charge in [0.2, 0.25) is 5.95 Å². The molecule has 3 heterocycles. The summed E-state index contributed by atoms with van der Waals surface area (Å²) in [6.07, 6.45) is 3.16. The summed E-state index contributed by atoms with van der Waals surface area (Å²) in [4.78, 5) is 28.2. The van der Waals surface area contributed by atoms with Crippen LogP contribution in [-0.2, 0) is 4.74 Å². The maximum Gasteiger partial charge on any atom is 0.272 e. The summed E-state index contributed by atoms with van der Waals surface area (Å²) in [6, 6.07) is 14.8. The van der Waals surface area contributed by atoms with E-state index in [0.29, 0.717) is 32.3 Å². The van der Waals surface area contributed by atoms with Gasteiger partial charge in [0.1, 0.15) is 0 Å². The maximum atomic E-state index is 13.1. The Morgan fingerprint density at radius 2 is 1.83 bits per heavy atom. The van der Waals surface area contributed by atoms with E-state index in [1.165, 1.54) is 6.20 Å². The van der Waals surface area contributed by atoms with Crippen LogP contribution in [0.2, 0.25) is 5.02 Å². The molecule has 0 saturated carbocycles. The number of anilines is 1. The highest BCUT2D eigenvalue weighted by atomic mass is 35.5. The number of morpholine rings is 1. The first kappa shape index (κ1) is 19.3. The van der Waals surface area contributed by atoms with Crippen molar-refractivity contribution in [2.24, 2.45) is 0 Å². The van der Waals surface area contributed by atoms with Gasteiger partial charge in [-0.15, -0.1) is 0 Å². The van der Waals surface area contributed by atoms with Gasteiger partial charge in [-0.1, -0.05) is 48.0 Å². The van der Waals surface area contributed by atoms with Crippen molar-refractivity contribution in [2.45, 2.75) is 6.04 Å². The van der Waals surface area contributed by atoms with Crippen LogP contribution in [0.3, 0.4) is 0 Å². The molecule has 1 aliphatic rings. The van der Waals surface area contributed by atoms with E-state index in [1.54, 1.807) is 6.20 Å². The van der Waals surface area contributed by atoms with E-state index in [2.05, 4.69) is 20.3 Å². The predicted molar refractivity (Wildman–Crippen MR) is 110 cm³/mol. The van der Waals surface area contributed by atoms with Gasteiger partial charge in [-0.25, -0.2) is 9.97 Å². The van der Waals surface area contributed by atoms with E-state index >= 15 is 0 Å². The second-order valence-corrected chi connectivity index (χ2v) is 6.94. The number of nitrogens with zero attached hydrogens (tertiary/aromatic N) is 4. The van der Waals surface area contributed by atoms with Crippen molar-refractivity contribution >= 4 is 23.5 Å². The lowest BCUT2D eigenvalue weighted by molar-refractivity contribution is 0.0937. The molecule has 1 N–H and O–H groups in total. The molecule has 3 aromatic rings. The van der Waals surface area contributed by atoms with Gasteiger partial charge in [0.05, 0.1) is 36.2 Å². The number of carbonyl (C=O) groups excluding carboxylic acids is 1. The lowest BCUT2D eigenvalue weighted by Crippen LogP contribution is -2.38. The van der Waals surface area contributed by atoms with Crippen molar-refractivity contribution in [3.63, 3.8) is 0 Å². The number of amides is 1. The normalized spacial score (nSPS) is 15.0. The zero-order valence-corrected chi connectivity index (χ0v) is 16.4. The summed E-state index contributed by atoms with van der Waals surface area (Å²) in [6.45, 7) is 2.54. The van der Waals surface area contributed by atoms with Crippen LogP contribution in [0.25, 0.3) is 0 Å². The monoisotopic (exact) mass is 409 g/mol. The topological polar surface area (TPSA) is 80.2 Å². The maximum absolute atomic E-state index is 13.1. The van der Waals surface area contributed by atoms with E-state index < -0.39 is 6.04 Å². The molecule has 29 heavy (non-hydrogen) atoms. The van der Waals surface area contributed by atoms with Crippen LogP contribution in [0.4, 0.5) is 5.95 Å². The number of rotatable bonds is 5. The van der Waals surface area contributed by atoms with Crippen LogP contribution in [-0.4, -0.2) is 47.2 Å². The average molecular weight is 410 g/mol. The first-order chi connectivity index (χ1) is 14.2. The molecule has 7 nitrogen and oxygen atoms in total. The van der Waals surface area contributed by atoms with Crippen molar-refractivity contribution in [3.8, 4) is 0 Å². The van der Waals surface area contributed by atoms with Crippen molar-refractivity contribution < 1.29 is 9.53 Å². The zero-order valence-electron chi connectivity index (χ0n) is 15.7. The second kappa shape index (κ2) is 8.98. The van der Waals surface area contributed by atoms with Crippen molar-refractivity contribution in [1.82, 2.24) is 20.3 Å². The molecule has 1 atom stereocenters. The molecular weight excluding hydrogens is 390 g/mol. The largest absolute Gasteiger partial charge is 0.378 e. The Balaban J connectivity index is 1.62. The number of aromatic nitrogens is 3. The van der Waals surface area contributed by atoms with Crippen molar-refractivity contribution in [3.05, 3.63) is 82.9 Å². The summed E-state index contributed by atoms with van der Waals surface area (Å²) in [5.41, 5.74) is 1.78. The van der Waals surface area contributed by atoms with E-state index in [4.69, 9.17) is 16.3 Å². The SMILES string of the molecule is O=C(N[C@H](c1ccccc1)c1ccccn1)c1nc(N2CCOCC2)ncc1Cl. The van der Waals surface area contributed by atoms with Crippen molar-refractivity contribution in [2.75, 3.05) is 31.2 Å². The fourth-order valence-corrected chi connectivity index (χ4v) is 3.33. The van der Waals surface area contributed by atoms with Gasteiger partial charge in [0.25, 0.3) is 5.91 Å². The molecule has 0 spiro atoms. The number of nitrogens with one attached hydrogen (secondary N) is 1. The molecule has 0 bridgehead atoms. The van der Waals surface area contributed by atoms with Crippen LogP contribution in [0.5, 0.6) is 0 Å². The molecule has 1 fully saturated rings. The predicted octanol–water partition coefficient (Wildman–Crippen LogP) is 2.88. The Bertz CT molecular complexity index is 926. The third-order valence-electron chi connectivity index (χ3n) is 4.63. The minimum Gasteiger partial charge on any atom is -0.378 e. The summed E-state index contributed by atoms with van der Waals surface area (Å²) in [7, 11) is 0. The second-order valence-electron chi connectivity index (χ2n) is 6.54. The fourth-order valence-electron chi connectivity index (χ4n) is 3.15. The highest BCUT2D eigenvalue weighted by Crippen LogP contribution is 2.23. The van der Waals surface area contributed by atoms with Gasteiger partial charge in [0.15, 0.2) is 5.69 Å². The molecule has 1 aromatic carbocycles. The van der Waals surface area contributed by atoms with Crippen LogP contribution in [0, 0.1) is 0 Å². The number of halogens is 1. The van der Waals surface area contributed by atoms with E-state index in [9.17, 15) is 4.79 Å². The van der Waals surface area contributed by atoms with Crippen LogP contribution >= 0.6 is 11.6 Å². The van der Waals surface area contributed by atoms with Gasteiger partial charge < -0.3 is 15.0 Å².